The monoisotopic (exact) mass is 326 g/mol. The summed E-state index contributed by atoms with van der Waals surface area (Å²) in [4.78, 5) is 13.3. The standard InChI is InChI=1S/C14H15ClN2O3S/c1-9(2)10-3-5-11(6-4-10)17-21(19,20)12-7-13(15)14(18)16-8-12/h3-9,17H,1-2H3,(H,16,18). The second-order valence-corrected chi connectivity index (χ2v) is 6.98. The Balaban J connectivity index is 2.28. The topological polar surface area (TPSA) is 79.0 Å². The van der Waals surface area contributed by atoms with Crippen molar-refractivity contribution < 1.29 is 8.42 Å². The fourth-order valence-electron chi connectivity index (χ4n) is 1.74. The highest BCUT2D eigenvalue weighted by Crippen LogP contribution is 2.20. The van der Waals surface area contributed by atoms with E-state index in [4.69, 9.17) is 11.6 Å². The second-order valence-electron chi connectivity index (χ2n) is 4.89. The first kappa shape index (κ1) is 15.6. The van der Waals surface area contributed by atoms with E-state index in [1.807, 2.05) is 12.1 Å². The Kier molecular flexibility index (Phi) is 4.39. The number of benzene rings is 1. The van der Waals surface area contributed by atoms with Crippen LogP contribution in [0.1, 0.15) is 25.3 Å². The summed E-state index contributed by atoms with van der Waals surface area (Å²) >= 11 is 5.64. The molecule has 2 aromatic rings. The molecule has 7 heteroatoms. The molecule has 0 fully saturated rings. The number of H-pyrrole nitrogens is 1. The van der Waals surface area contributed by atoms with Crippen molar-refractivity contribution in [3.63, 3.8) is 0 Å². The Bertz CT molecular complexity index is 796. The zero-order chi connectivity index (χ0) is 15.6. The molecule has 0 radical (unpaired) electrons. The van der Waals surface area contributed by atoms with E-state index in [-0.39, 0.29) is 9.92 Å². The number of halogens is 1. The zero-order valence-corrected chi connectivity index (χ0v) is 13.1. The Morgan fingerprint density at radius 2 is 1.81 bits per heavy atom. The van der Waals surface area contributed by atoms with Crippen molar-refractivity contribution in [1.82, 2.24) is 4.98 Å². The molecular formula is C14H15ClN2O3S. The highest BCUT2D eigenvalue weighted by molar-refractivity contribution is 7.92. The molecule has 0 saturated heterocycles. The molecule has 0 aliphatic rings. The van der Waals surface area contributed by atoms with Crippen LogP contribution in [-0.4, -0.2) is 13.4 Å². The lowest BCUT2D eigenvalue weighted by Crippen LogP contribution is -2.16. The molecule has 2 rings (SSSR count). The van der Waals surface area contributed by atoms with Crippen LogP contribution in [0.15, 0.2) is 46.2 Å². The predicted octanol–water partition coefficient (Wildman–Crippen LogP) is 2.95. The van der Waals surface area contributed by atoms with Gasteiger partial charge in [0.1, 0.15) is 9.92 Å². The summed E-state index contributed by atoms with van der Waals surface area (Å²) in [7, 11) is -3.79. The van der Waals surface area contributed by atoms with Crippen molar-refractivity contribution in [1.29, 1.82) is 0 Å². The van der Waals surface area contributed by atoms with Crippen LogP contribution in [0.2, 0.25) is 5.02 Å². The molecule has 21 heavy (non-hydrogen) atoms. The molecule has 0 amide bonds. The lowest BCUT2D eigenvalue weighted by molar-refractivity contribution is 0.600. The molecule has 0 aliphatic heterocycles. The van der Waals surface area contributed by atoms with Crippen molar-refractivity contribution in [3.8, 4) is 0 Å². The van der Waals surface area contributed by atoms with Gasteiger partial charge >= 0.3 is 0 Å². The second kappa shape index (κ2) is 5.91. The summed E-state index contributed by atoms with van der Waals surface area (Å²) < 4.78 is 26.8. The normalized spacial score (nSPS) is 11.6. The molecule has 5 nitrogen and oxygen atoms in total. The first-order valence-corrected chi connectivity index (χ1v) is 8.17. The third kappa shape index (κ3) is 3.65. The van der Waals surface area contributed by atoms with Crippen molar-refractivity contribution >= 4 is 27.3 Å². The molecule has 0 unspecified atom stereocenters. The van der Waals surface area contributed by atoms with E-state index >= 15 is 0 Å². The third-order valence-electron chi connectivity index (χ3n) is 2.97. The number of nitrogens with one attached hydrogen (secondary N) is 2. The molecule has 0 atom stereocenters. The largest absolute Gasteiger partial charge is 0.326 e. The number of aromatic amines is 1. The molecule has 112 valence electrons. The van der Waals surface area contributed by atoms with Crippen LogP contribution >= 0.6 is 11.6 Å². The van der Waals surface area contributed by atoms with Gasteiger partial charge in [0.2, 0.25) is 0 Å². The number of pyridine rings is 1. The Morgan fingerprint density at radius 1 is 1.19 bits per heavy atom. The number of sulfonamides is 1. The van der Waals surface area contributed by atoms with E-state index in [0.29, 0.717) is 11.6 Å². The number of aromatic nitrogens is 1. The van der Waals surface area contributed by atoms with E-state index < -0.39 is 15.6 Å². The summed E-state index contributed by atoms with van der Waals surface area (Å²) in [6.45, 7) is 4.11. The van der Waals surface area contributed by atoms with E-state index in [1.165, 1.54) is 0 Å². The van der Waals surface area contributed by atoms with E-state index in [1.54, 1.807) is 12.1 Å². The van der Waals surface area contributed by atoms with Crippen molar-refractivity contribution in [2.75, 3.05) is 4.72 Å². The molecule has 0 aliphatic carbocycles. The Morgan fingerprint density at radius 3 is 2.33 bits per heavy atom. The molecule has 1 aromatic heterocycles. The summed E-state index contributed by atoms with van der Waals surface area (Å²) in [6.07, 6.45) is 1.11. The molecule has 1 aromatic carbocycles. The maximum absolute atomic E-state index is 12.2. The van der Waals surface area contributed by atoms with Crippen LogP contribution in [0.3, 0.4) is 0 Å². The van der Waals surface area contributed by atoms with Gasteiger partial charge in [0.05, 0.1) is 0 Å². The summed E-state index contributed by atoms with van der Waals surface area (Å²) in [5, 5.41) is -0.173. The zero-order valence-electron chi connectivity index (χ0n) is 11.6. The van der Waals surface area contributed by atoms with Crippen LogP contribution < -0.4 is 10.3 Å². The van der Waals surface area contributed by atoms with E-state index in [2.05, 4.69) is 23.6 Å². The van der Waals surface area contributed by atoms with Gasteiger partial charge in [-0.25, -0.2) is 8.42 Å². The number of anilines is 1. The first-order valence-electron chi connectivity index (χ1n) is 6.30. The van der Waals surface area contributed by atoms with Crippen molar-refractivity contribution in [2.45, 2.75) is 24.7 Å². The summed E-state index contributed by atoms with van der Waals surface area (Å²) in [6, 6.07) is 8.23. The molecule has 0 saturated carbocycles. The van der Waals surface area contributed by atoms with Gasteiger partial charge in [0, 0.05) is 11.9 Å². The molecule has 0 spiro atoms. The van der Waals surface area contributed by atoms with Gasteiger partial charge in [-0.2, -0.15) is 0 Å². The lowest BCUT2D eigenvalue weighted by atomic mass is 10.0. The molecule has 2 N–H and O–H groups in total. The molecule has 0 bridgehead atoms. The number of hydrogen-bond donors (Lipinski definition) is 2. The molecule has 1 heterocycles. The fraction of sp³-hybridized carbons (Fsp3) is 0.214. The smallest absolute Gasteiger partial charge is 0.266 e. The van der Waals surface area contributed by atoms with E-state index in [0.717, 1.165) is 17.8 Å². The summed E-state index contributed by atoms with van der Waals surface area (Å²) in [5.41, 5.74) is 1.03. The number of hydrogen-bond acceptors (Lipinski definition) is 3. The van der Waals surface area contributed by atoms with Crippen LogP contribution in [0.25, 0.3) is 0 Å². The van der Waals surface area contributed by atoms with Crippen LogP contribution in [0, 0.1) is 0 Å². The van der Waals surface area contributed by atoms with Crippen LogP contribution in [-0.2, 0) is 10.0 Å². The maximum atomic E-state index is 12.2. The fourth-order valence-corrected chi connectivity index (χ4v) is 3.03. The highest BCUT2D eigenvalue weighted by atomic mass is 35.5. The van der Waals surface area contributed by atoms with Crippen molar-refractivity contribution in [3.05, 3.63) is 57.5 Å². The Hall–Kier alpha value is -1.79. The Labute approximate surface area is 128 Å². The molecular weight excluding hydrogens is 312 g/mol. The van der Waals surface area contributed by atoms with Crippen LogP contribution in [0.4, 0.5) is 5.69 Å². The highest BCUT2D eigenvalue weighted by Gasteiger charge is 2.16. The van der Waals surface area contributed by atoms with Gasteiger partial charge in [-0.1, -0.05) is 37.6 Å². The predicted molar refractivity (Wildman–Crippen MR) is 83.4 cm³/mol. The summed E-state index contributed by atoms with van der Waals surface area (Å²) in [5.74, 6) is 0.369. The third-order valence-corrected chi connectivity index (χ3v) is 4.61. The SMILES string of the molecule is CC(C)c1ccc(NS(=O)(=O)c2c[nH]c(=O)c(Cl)c2)cc1. The van der Waals surface area contributed by atoms with Gasteiger partial charge in [-0.15, -0.1) is 0 Å². The van der Waals surface area contributed by atoms with Crippen molar-refractivity contribution in [2.24, 2.45) is 0 Å². The van der Waals surface area contributed by atoms with Gasteiger partial charge < -0.3 is 4.98 Å². The average Bonchev–Trinajstić information content (AvgIpc) is 2.42. The number of rotatable bonds is 4. The van der Waals surface area contributed by atoms with Crippen LogP contribution in [0.5, 0.6) is 0 Å². The first-order chi connectivity index (χ1) is 9.79. The minimum atomic E-state index is -3.79. The minimum Gasteiger partial charge on any atom is -0.326 e. The van der Waals surface area contributed by atoms with Gasteiger partial charge in [-0.05, 0) is 29.7 Å². The van der Waals surface area contributed by atoms with Gasteiger partial charge in [0.25, 0.3) is 15.6 Å². The quantitative estimate of drug-likeness (QED) is 0.906. The minimum absolute atomic E-state index is 0.0972. The van der Waals surface area contributed by atoms with Gasteiger partial charge in [0.15, 0.2) is 0 Å². The average molecular weight is 327 g/mol. The van der Waals surface area contributed by atoms with E-state index in [9.17, 15) is 13.2 Å². The van der Waals surface area contributed by atoms with Gasteiger partial charge in [-0.3, -0.25) is 9.52 Å². The lowest BCUT2D eigenvalue weighted by Gasteiger charge is -2.10. The maximum Gasteiger partial charge on any atom is 0.266 e.